The molecule has 0 aliphatic heterocycles. The zero-order chi connectivity index (χ0) is 34.0. The second-order valence-electron chi connectivity index (χ2n) is 11.9. The minimum atomic E-state index is -4.70. The van der Waals surface area contributed by atoms with Crippen LogP contribution >= 0.6 is 0 Å². The maximum Gasteiger partial charge on any atom is 0.410 e. The Morgan fingerprint density at radius 3 is 2.33 bits per heavy atom. The molecule has 2 fully saturated rings. The lowest BCUT2D eigenvalue weighted by Crippen LogP contribution is -2.39. The zero-order valence-corrected chi connectivity index (χ0v) is 25.1. The fourth-order valence-corrected chi connectivity index (χ4v) is 5.58. The first-order valence-corrected chi connectivity index (χ1v) is 14.8. The predicted molar refractivity (Wildman–Crippen MR) is 151 cm³/mol. The van der Waals surface area contributed by atoms with Crippen LogP contribution in [0.25, 0.3) is 6.08 Å². The van der Waals surface area contributed by atoms with Gasteiger partial charge in [0.1, 0.15) is 11.7 Å². The van der Waals surface area contributed by atoms with E-state index in [-0.39, 0.29) is 36.0 Å². The summed E-state index contributed by atoms with van der Waals surface area (Å²) >= 11 is 0. The summed E-state index contributed by atoms with van der Waals surface area (Å²) in [6.07, 6.45) is -6.60. The molecule has 4 rings (SSSR count). The SMILES string of the molecule is C=Nn1cc([C@@H](NC(=O)c2ccnn2[C@@H](C)C(F)(F)F)C2CCC(F)(F)CC2)nc1/C=C(\C)[C@H](NC(=O)CCC(F)(F)F)C1CC1. The third-order valence-corrected chi connectivity index (χ3v) is 8.36. The molecule has 0 radical (unpaired) electrons. The molecule has 2 aromatic heterocycles. The van der Waals surface area contributed by atoms with Crippen molar-refractivity contribution in [2.24, 2.45) is 16.9 Å². The van der Waals surface area contributed by atoms with Crippen LogP contribution in [0.2, 0.25) is 0 Å². The molecule has 0 unspecified atom stereocenters. The fourth-order valence-electron chi connectivity index (χ4n) is 5.58. The summed E-state index contributed by atoms with van der Waals surface area (Å²) < 4.78 is 108. The number of rotatable bonds is 12. The maximum absolute atomic E-state index is 14.1. The first kappa shape index (κ1) is 35.1. The van der Waals surface area contributed by atoms with E-state index in [2.05, 4.69) is 32.5 Å². The van der Waals surface area contributed by atoms with Gasteiger partial charge in [-0.25, -0.2) is 23.1 Å². The molecule has 3 atom stereocenters. The number of aromatic nitrogens is 4. The van der Waals surface area contributed by atoms with Crippen LogP contribution < -0.4 is 10.6 Å². The van der Waals surface area contributed by atoms with Crippen LogP contribution in [0.4, 0.5) is 35.1 Å². The number of alkyl halides is 8. The molecule has 2 amide bonds. The fraction of sp³-hybridized carbons (Fsp3) is 0.621. The lowest BCUT2D eigenvalue weighted by atomic mass is 9.81. The molecule has 2 aliphatic carbocycles. The highest BCUT2D eigenvalue weighted by Gasteiger charge is 2.42. The monoisotopic (exact) mass is 665 g/mol. The van der Waals surface area contributed by atoms with Gasteiger partial charge < -0.3 is 10.6 Å². The summed E-state index contributed by atoms with van der Waals surface area (Å²) in [7, 11) is 0. The van der Waals surface area contributed by atoms with Crippen molar-refractivity contribution >= 4 is 24.6 Å². The number of carbonyl (C=O) groups is 2. The standard InChI is InChI=1S/C29H35F8N7O2/c1-16(24(18-4-5-18)41-23(45)8-12-28(32,33)34)14-22-40-20(15-43(22)38-3)25(19-6-10-27(30,31)11-7-19)42-26(46)21-9-13-39-44(21)17(2)29(35,36)37/h9,13-15,17-19,24-25H,3-8,10-12H2,1-2H3,(H,41,45)(H,42,46)/b16-14+/t17-,24-,25-/m0/s1. The third kappa shape index (κ3) is 8.93. The number of carbonyl (C=O) groups excluding carboxylic acids is 2. The van der Waals surface area contributed by atoms with Crippen molar-refractivity contribution in [3.8, 4) is 0 Å². The number of amides is 2. The van der Waals surface area contributed by atoms with E-state index in [4.69, 9.17) is 0 Å². The molecule has 9 nitrogen and oxygen atoms in total. The molecule has 2 aromatic rings. The van der Waals surface area contributed by atoms with E-state index in [1.165, 1.54) is 10.9 Å². The maximum atomic E-state index is 14.1. The van der Waals surface area contributed by atoms with Gasteiger partial charge in [0.2, 0.25) is 11.8 Å². The van der Waals surface area contributed by atoms with Crippen LogP contribution in [-0.4, -0.2) is 62.3 Å². The van der Waals surface area contributed by atoms with Crippen LogP contribution in [0.1, 0.15) is 99.3 Å². The normalized spacial score (nSPS) is 19.7. The van der Waals surface area contributed by atoms with E-state index < -0.39 is 79.8 Å². The van der Waals surface area contributed by atoms with Gasteiger partial charge in [0, 0.05) is 32.2 Å². The Labute approximate surface area is 259 Å². The summed E-state index contributed by atoms with van der Waals surface area (Å²) in [5.41, 5.74) is 0.358. The molecule has 0 aromatic carbocycles. The number of hydrogen-bond acceptors (Lipinski definition) is 5. The summed E-state index contributed by atoms with van der Waals surface area (Å²) in [6, 6.07) is -2.59. The van der Waals surface area contributed by atoms with Gasteiger partial charge in [-0.2, -0.15) is 36.5 Å². The van der Waals surface area contributed by atoms with Gasteiger partial charge in [-0.15, -0.1) is 0 Å². The highest BCUT2D eigenvalue weighted by atomic mass is 19.4. The molecule has 254 valence electrons. The summed E-state index contributed by atoms with van der Waals surface area (Å²) in [5.74, 6) is -4.96. The molecule has 0 saturated heterocycles. The number of nitrogens with zero attached hydrogens (tertiary/aromatic N) is 5. The zero-order valence-electron chi connectivity index (χ0n) is 25.1. The van der Waals surface area contributed by atoms with Crippen molar-refractivity contribution < 1.29 is 44.7 Å². The van der Waals surface area contributed by atoms with Crippen LogP contribution in [0.3, 0.4) is 0 Å². The molecular formula is C29H35F8N7O2. The van der Waals surface area contributed by atoms with E-state index in [1.54, 1.807) is 13.0 Å². The molecule has 2 aliphatic rings. The molecular weight excluding hydrogens is 630 g/mol. The Morgan fingerprint density at radius 2 is 1.76 bits per heavy atom. The molecule has 0 spiro atoms. The average Bonchev–Trinajstić information content (AvgIpc) is 3.53. The van der Waals surface area contributed by atoms with Crippen molar-refractivity contribution in [1.29, 1.82) is 0 Å². The number of hydrogen-bond donors (Lipinski definition) is 2. The molecule has 0 bridgehead atoms. The minimum Gasteiger partial charge on any atom is -0.349 e. The third-order valence-electron chi connectivity index (χ3n) is 8.36. The smallest absolute Gasteiger partial charge is 0.349 e. The first-order chi connectivity index (χ1) is 21.4. The van der Waals surface area contributed by atoms with Crippen LogP contribution in [-0.2, 0) is 4.79 Å². The predicted octanol–water partition coefficient (Wildman–Crippen LogP) is 6.60. The second-order valence-corrected chi connectivity index (χ2v) is 11.9. The summed E-state index contributed by atoms with van der Waals surface area (Å²) in [5, 5.41) is 12.9. The van der Waals surface area contributed by atoms with E-state index in [0.29, 0.717) is 10.3 Å². The molecule has 2 heterocycles. The van der Waals surface area contributed by atoms with Gasteiger partial charge in [-0.1, -0.05) is 0 Å². The second kappa shape index (κ2) is 13.5. The minimum absolute atomic E-state index is 0.00513. The Hall–Kier alpha value is -3.79. The van der Waals surface area contributed by atoms with Crippen molar-refractivity contribution in [3.05, 3.63) is 41.2 Å². The van der Waals surface area contributed by atoms with Crippen molar-refractivity contribution in [2.45, 2.75) is 102 Å². The lowest BCUT2D eigenvalue weighted by molar-refractivity contribution is -0.165. The molecule has 2 N–H and O–H groups in total. The molecule has 2 saturated carbocycles. The average molecular weight is 666 g/mol. The van der Waals surface area contributed by atoms with Gasteiger partial charge in [0.05, 0.1) is 30.4 Å². The van der Waals surface area contributed by atoms with Crippen LogP contribution in [0.5, 0.6) is 0 Å². The van der Waals surface area contributed by atoms with Gasteiger partial charge in [-0.05, 0) is 69.1 Å². The van der Waals surface area contributed by atoms with Crippen LogP contribution in [0.15, 0.2) is 29.1 Å². The van der Waals surface area contributed by atoms with E-state index >= 15 is 0 Å². The van der Waals surface area contributed by atoms with Gasteiger partial charge in [0.25, 0.3) is 5.91 Å². The van der Waals surface area contributed by atoms with E-state index in [0.717, 1.165) is 32.0 Å². The first-order valence-electron chi connectivity index (χ1n) is 14.8. The number of imidazole rings is 1. The highest BCUT2D eigenvalue weighted by molar-refractivity contribution is 5.92. The van der Waals surface area contributed by atoms with Gasteiger partial charge >= 0.3 is 12.4 Å². The summed E-state index contributed by atoms with van der Waals surface area (Å²) in [4.78, 5) is 30.2. The number of halogens is 8. The molecule has 17 heteroatoms. The van der Waals surface area contributed by atoms with Crippen molar-refractivity contribution in [2.75, 3.05) is 0 Å². The van der Waals surface area contributed by atoms with Gasteiger partial charge in [-0.3, -0.25) is 9.59 Å². The number of nitrogens with one attached hydrogen (secondary N) is 2. The van der Waals surface area contributed by atoms with Gasteiger partial charge in [0.15, 0.2) is 5.82 Å². The van der Waals surface area contributed by atoms with E-state index in [1.807, 2.05) is 0 Å². The highest BCUT2D eigenvalue weighted by Crippen LogP contribution is 2.42. The Balaban J connectivity index is 1.62. The Kier molecular flexibility index (Phi) is 10.3. The summed E-state index contributed by atoms with van der Waals surface area (Å²) in [6.45, 7) is 6.02. The van der Waals surface area contributed by atoms with E-state index in [9.17, 15) is 44.7 Å². The Bertz CT molecular complexity index is 1430. The van der Waals surface area contributed by atoms with Crippen molar-refractivity contribution in [1.82, 2.24) is 30.1 Å². The van der Waals surface area contributed by atoms with Crippen molar-refractivity contribution in [3.63, 3.8) is 0 Å². The largest absolute Gasteiger partial charge is 0.410 e. The van der Waals surface area contributed by atoms with Crippen LogP contribution in [0, 0.1) is 11.8 Å². The lowest BCUT2D eigenvalue weighted by Gasteiger charge is -2.33. The quantitative estimate of drug-likeness (QED) is 0.197. The topological polar surface area (TPSA) is 106 Å². The Morgan fingerprint density at radius 1 is 1.11 bits per heavy atom. The molecule has 46 heavy (non-hydrogen) atoms.